The van der Waals surface area contributed by atoms with E-state index in [0.717, 1.165) is 12.8 Å². The predicted molar refractivity (Wildman–Crippen MR) is 67.9 cm³/mol. The van der Waals surface area contributed by atoms with Gasteiger partial charge in [-0.1, -0.05) is 0 Å². The summed E-state index contributed by atoms with van der Waals surface area (Å²) in [6, 6.07) is 1.90. The van der Waals surface area contributed by atoms with Crippen molar-refractivity contribution in [1.29, 1.82) is 0 Å². The number of hydrogen-bond acceptors (Lipinski definition) is 5. The van der Waals surface area contributed by atoms with E-state index in [9.17, 15) is 9.59 Å². The van der Waals surface area contributed by atoms with Crippen molar-refractivity contribution in [2.45, 2.75) is 25.4 Å². The van der Waals surface area contributed by atoms with Gasteiger partial charge in [0, 0.05) is 6.04 Å². The van der Waals surface area contributed by atoms with Crippen molar-refractivity contribution in [3.05, 3.63) is 23.7 Å². The Morgan fingerprint density at radius 1 is 1.53 bits per heavy atom. The first-order chi connectivity index (χ1) is 9.10. The third-order valence-corrected chi connectivity index (χ3v) is 2.89. The Morgan fingerprint density at radius 2 is 2.26 bits per heavy atom. The Morgan fingerprint density at radius 3 is 2.89 bits per heavy atom. The molecular formula is C12H18N4O3. The molecule has 1 aromatic rings. The highest BCUT2D eigenvalue weighted by molar-refractivity contribution is 5.94. The van der Waals surface area contributed by atoms with Gasteiger partial charge >= 0.3 is 0 Å². The lowest BCUT2D eigenvalue weighted by Crippen LogP contribution is -2.36. The second kappa shape index (κ2) is 5.85. The molecule has 0 aromatic carbocycles. The first-order valence-electron chi connectivity index (χ1n) is 6.15. The van der Waals surface area contributed by atoms with E-state index < -0.39 is 5.91 Å². The number of furan rings is 1. The van der Waals surface area contributed by atoms with Crippen molar-refractivity contribution in [1.82, 2.24) is 15.6 Å². The highest BCUT2D eigenvalue weighted by Gasteiger charge is 2.24. The Bertz CT molecular complexity index is 467. The fourth-order valence-corrected chi connectivity index (χ4v) is 1.79. The smallest absolute Gasteiger partial charge is 0.268 e. The number of likely N-dealkylation sites (N-methyl/N-ethyl adjacent to an activating group) is 1. The summed E-state index contributed by atoms with van der Waals surface area (Å²) in [5.41, 5.74) is 2.45. The predicted octanol–water partition coefficient (Wildman–Crippen LogP) is -0.406. The average Bonchev–Trinajstić information content (AvgIpc) is 3.04. The van der Waals surface area contributed by atoms with Gasteiger partial charge in [-0.15, -0.1) is 0 Å². The SMILES string of the molecule is CN(CC(=O)NC1CC1)Cc1occc1C(=O)NN. The summed E-state index contributed by atoms with van der Waals surface area (Å²) in [5, 5.41) is 2.90. The van der Waals surface area contributed by atoms with Gasteiger partial charge in [-0.2, -0.15) is 0 Å². The number of carbonyl (C=O) groups is 2. The van der Waals surface area contributed by atoms with E-state index in [1.165, 1.54) is 6.26 Å². The molecule has 2 rings (SSSR count). The number of nitrogens with zero attached hydrogens (tertiary/aromatic N) is 1. The van der Waals surface area contributed by atoms with Crippen LogP contribution in [-0.4, -0.2) is 36.3 Å². The van der Waals surface area contributed by atoms with Crippen LogP contribution in [-0.2, 0) is 11.3 Å². The standard InChI is InChI=1S/C12H18N4O3/c1-16(7-11(17)14-8-2-3-8)6-10-9(4-5-19-10)12(18)15-13/h4-5,8H,2-3,6-7,13H2,1H3,(H,14,17)(H,15,18). The van der Waals surface area contributed by atoms with Crippen LogP contribution < -0.4 is 16.6 Å². The first kappa shape index (κ1) is 13.6. The van der Waals surface area contributed by atoms with Gasteiger partial charge < -0.3 is 9.73 Å². The van der Waals surface area contributed by atoms with Gasteiger partial charge in [0.25, 0.3) is 5.91 Å². The minimum atomic E-state index is -0.403. The molecule has 104 valence electrons. The van der Waals surface area contributed by atoms with Crippen molar-refractivity contribution >= 4 is 11.8 Å². The lowest BCUT2D eigenvalue weighted by Gasteiger charge is -2.15. The molecule has 1 fully saturated rings. The Balaban J connectivity index is 1.87. The molecule has 0 atom stereocenters. The van der Waals surface area contributed by atoms with Crippen LogP contribution in [0.1, 0.15) is 29.0 Å². The minimum absolute atomic E-state index is 0.0126. The highest BCUT2D eigenvalue weighted by atomic mass is 16.3. The third kappa shape index (κ3) is 3.80. The normalized spacial score (nSPS) is 14.5. The number of hydrazine groups is 1. The molecule has 0 spiro atoms. The fourth-order valence-electron chi connectivity index (χ4n) is 1.79. The van der Waals surface area contributed by atoms with Crippen molar-refractivity contribution in [2.24, 2.45) is 5.84 Å². The number of nitrogen functional groups attached to an aromatic ring is 1. The van der Waals surface area contributed by atoms with Crippen molar-refractivity contribution < 1.29 is 14.0 Å². The summed E-state index contributed by atoms with van der Waals surface area (Å²) < 4.78 is 5.24. The van der Waals surface area contributed by atoms with Crippen LogP contribution in [0.3, 0.4) is 0 Å². The van der Waals surface area contributed by atoms with E-state index >= 15 is 0 Å². The summed E-state index contributed by atoms with van der Waals surface area (Å²) in [5.74, 6) is 5.16. The molecule has 7 nitrogen and oxygen atoms in total. The van der Waals surface area contributed by atoms with Crippen LogP contribution in [0.4, 0.5) is 0 Å². The van der Waals surface area contributed by atoms with Gasteiger partial charge in [-0.3, -0.25) is 19.9 Å². The minimum Gasteiger partial charge on any atom is -0.467 e. The Kier molecular flexibility index (Phi) is 4.18. The highest BCUT2D eigenvalue weighted by Crippen LogP contribution is 2.18. The summed E-state index contributed by atoms with van der Waals surface area (Å²) >= 11 is 0. The topological polar surface area (TPSA) is 101 Å². The van der Waals surface area contributed by atoms with Crippen molar-refractivity contribution in [2.75, 3.05) is 13.6 Å². The number of rotatable bonds is 6. The maximum absolute atomic E-state index is 11.6. The van der Waals surface area contributed by atoms with Crippen molar-refractivity contribution in [3.8, 4) is 0 Å². The number of carbonyl (C=O) groups excluding carboxylic acids is 2. The van der Waals surface area contributed by atoms with Gasteiger partial charge in [-0.25, -0.2) is 5.84 Å². The van der Waals surface area contributed by atoms with Gasteiger partial charge in [0.1, 0.15) is 5.76 Å². The Hall–Kier alpha value is -1.86. The second-order valence-corrected chi connectivity index (χ2v) is 4.74. The molecule has 4 N–H and O–H groups in total. The van der Waals surface area contributed by atoms with Crippen LogP contribution >= 0.6 is 0 Å². The van der Waals surface area contributed by atoms with E-state index in [0.29, 0.717) is 23.9 Å². The molecule has 1 aliphatic carbocycles. The molecule has 19 heavy (non-hydrogen) atoms. The van der Waals surface area contributed by atoms with Crippen LogP contribution in [0.25, 0.3) is 0 Å². The van der Waals surface area contributed by atoms with E-state index in [2.05, 4.69) is 10.7 Å². The third-order valence-electron chi connectivity index (χ3n) is 2.89. The summed E-state index contributed by atoms with van der Waals surface area (Å²) in [6.45, 7) is 0.634. The molecule has 1 heterocycles. The average molecular weight is 266 g/mol. The quantitative estimate of drug-likeness (QED) is 0.369. The van der Waals surface area contributed by atoms with Crippen LogP contribution in [0.5, 0.6) is 0 Å². The molecule has 1 aliphatic rings. The maximum atomic E-state index is 11.6. The zero-order valence-electron chi connectivity index (χ0n) is 10.8. The van der Waals surface area contributed by atoms with E-state index in [4.69, 9.17) is 10.3 Å². The number of hydrogen-bond donors (Lipinski definition) is 3. The van der Waals surface area contributed by atoms with Gasteiger partial charge in [0.05, 0.1) is 24.9 Å². The molecule has 0 unspecified atom stereocenters. The first-order valence-corrected chi connectivity index (χ1v) is 6.15. The summed E-state index contributed by atoms with van der Waals surface area (Å²) in [6.07, 6.45) is 3.56. The summed E-state index contributed by atoms with van der Waals surface area (Å²) in [4.78, 5) is 24.9. The zero-order chi connectivity index (χ0) is 13.8. The van der Waals surface area contributed by atoms with Gasteiger partial charge in [-0.05, 0) is 26.0 Å². The van der Waals surface area contributed by atoms with Crippen LogP contribution in [0, 0.1) is 0 Å². The van der Waals surface area contributed by atoms with E-state index in [1.54, 1.807) is 18.0 Å². The Labute approximate surface area is 111 Å². The molecule has 0 saturated heterocycles. The van der Waals surface area contributed by atoms with Crippen LogP contribution in [0.15, 0.2) is 16.7 Å². The van der Waals surface area contributed by atoms with Gasteiger partial charge in [0.15, 0.2) is 0 Å². The number of nitrogens with one attached hydrogen (secondary N) is 2. The molecule has 0 radical (unpaired) electrons. The van der Waals surface area contributed by atoms with Crippen molar-refractivity contribution in [3.63, 3.8) is 0 Å². The maximum Gasteiger partial charge on any atom is 0.268 e. The second-order valence-electron chi connectivity index (χ2n) is 4.74. The number of nitrogens with two attached hydrogens (primary N) is 1. The van der Waals surface area contributed by atoms with E-state index in [-0.39, 0.29) is 12.5 Å². The summed E-state index contributed by atoms with van der Waals surface area (Å²) in [7, 11) is 1.79. The molecule has 0 bridgehead atoms. The zero-order valence-corrected chi connectivity index (χ0v) is 10.8. The molecule has 1 aromatic heterocycles. The van der Waals surface area contributed by atoms with Gasteiger partial charge in [0.2, 0.25) is 5.91 Å². The van der Waals surface area contributed by atoms with Crippen LogP contribution in [0.2, 0.25) is 0 Å². The number of amides is 2. The van der Waals surface area contributed by atoms with E-state index in [1.807, 2.05) is 0 Å². The molecule has 2 amide bonds. The molecular weight excluding hydrogens is 248 g/mol. The molecule has 1 saturated carbocycles. The lowest BCUT2D eigenvalue weighted by molar-refractivity contribution is -0.122. The fraction of sp³-hybridized carbons (Fsp3) is 0.500. The molecule has 0 aliphatic heterocycles. The largest absolute Gasteiger partial charge is 0.467 e. The molecule has 7 heteroatoms. The lowest BCUT2D eigenvalue weighted by atomic mass is 10.2. The monoisotopic (exact) mass is 266 g/mol.